The van der Waals surface area contributed by atoms with Crippen molar-refractivity contribution in [1.82, 2.24) is 19.7 Å². The molecule has 4 rings (SSSR count). The van der Waals surface area contributed by atoms with Crippen LogP contribution in [0.3, 0.4) is 0 Å². The van der Waals surface area contributed by atoms with Crippen molar-refractivity contribution >= 4 is 11.0 Å². The number of ether oxygens (including phenoxy) is 1. The number of aromatic nitrogens is 4. The highest BCUT2D eigenvalue weighted by molar-refractivity contribution is 5.75. The highest BCUT2D eigenvalue weighted by Crippen LogP contribution is 2.22. The number of hydrogen-bond donors (Lipinski definition) is 0. The van der Waals surface area contributed by atoms with E-state index in [-0.39, 0.29) is 6.54 Å². The molecule has 0 aliphatic heterocycles. The summed E-state index contributed by atoms with van der Waals surface area (Å²) >= 11 is 0. The van der Waals surface area contributed by atoms with Gasteiger partial charge in [0.25, 0.3) is 0 Å². The van der Waals surface area contributed by atoms with Crippen molar-refractivity contribution < 1.29 is 17.9 Å². The van der Waals surface area contributed by atoms with Gasteiger partial charge in [0.1, 0.15) is 12.3 Å². The third-order valence-corrected chi connectivity index (χ3v) is 3.77. The molecule has 4 aromatic rings. The molecule has 0 amide bonds. The third kappa shape index (κ3) is 2.82. The lowest BCUT2D eigenvalue weighted by Gasteiger charge is -2.01. The van der Waals surface area contributed by atoms with Gasteiger partial charge in [-0.3, -0.25) is 0 Å². The first kappa shape index (κ1) is 15.3. The molecule has 2 heterocycles. The second-order valence-corrected chi connectivity index (χ2v) is 5.36. The summed E-state index contributed by atoms with van der Waals surface area (Å²) < 4.78 is 39.1. The molecule has 126 valence electrons. The fourth-order valence-corrected chi connectivity index (χ4v) is 2.49. The van der Waals surface area contributed by atoms with Crippen molar-refractivity contribution in [3.63, 3.8) is 0 Å². The molecule has 0 aliphatic rings. The SMILES string of the molecule is COc1ccc(-c2nnc(Cn3cnc4cc(F)c(F)cc43)o2)cc1. The van der Waals surface area contributed by atoms with Crippen molar-refractivity contribution in [1.29, 1.82) is 0 Å². The standard InChI is InChI=1S/C17H12F2N4O2/c1-24-11-4-2-10(3-5-11)17-22-21-16(25-17)8-23-9-20-14-6-12(18)13(19)7-15(14)23/h2-7,9H,8H2,1H3. The first-order chi connectivity index (χ1) is 12.1. The molecule has 0 N–H and O–H groups in total. The number of hydrogen-bond acceptors (Lipinski definition) is 5. The molecule has 0 radical (unpaired) electrons. The predicted octanol–water partition coefficient (Wildman–Crippen LogP) is 3.42. The van der Waals surface area contributed by atoms with Gasteiger partial charge in [-0.05, 0) is 24.3 Å². The van der Waals surface area contributed by atoms with E-state index in [1.807, 2.05) is 0 Å². The second-order valence-electron chi connectivity index (χ2n) is 5.36. The first-order valence-corrected chi connectivity index (χ1v) is 7.41. The molecule has 0 bridgehead atoms. The van der Waals surface area contributed by atoms with Gasteiger partial charge in [0.2, 0.25) is 11.8 Å². The van der Waals surface area contributed by atoms with Gasteiger partial charge >= 0.3 is 0 Å². The van der Waals surface area contributed by atoms with Crippen LogP contribution in [0.25, 0.3) is 22.5 Å². The Hall–Kier alpha value is -3.29. The van der Waals surface area contributed by atoms with Crippen LogP contribution in [0.2, 0.25) is 0 Å². The summed E-state index contributed by atoms with van der Waals surface area (Å²) in [6.45, 7) is 0.199. The molecule has 0 saturated heterocycles. The Labute approximate surface area is 140 Å². The van der Waals surface area contributed by atoms with Crippen LogP contribution in [0.15, 0.2) is 47.1 Å². The van der Waals surface area contributed by atoms with Crippen LogP contribution in [-0.4, -0.2) is 26.9 Å². The molecule has 0 aliphatic carbocycles. The van der Waals surface area contributed by atoms with Crippen molar-refractivity contribution in [2.75, 3.05) is 7.11 Å². The molecule has 6 nitrogen and oxygen atoms in total. The van der Waals surface area contributed by atoms with E-state index >= 15 is 0 Å². The highest BCUT2D eigenvalue weighted by atomic mass is 19.2. The summed E-state index contributed by atoms with van der Waals surface area (Å²) in [5.74, 6) is -0.451. The largest absolute Gasteiger partial charge is 0.497 e. The van der Waals surface area contributed by atoms with Gasteiger partial charge in [0.05, 0.1) is 24.5 Å². The van der Waals surface area contributed by atoms with E-state index in [1.54, 1.807) is 35.9 Å². The molecular weight excluding hydrogens is 330 g/mol. The maximum atomic E-state index is 13.5. The van der Waals surface area contributed by atoms with E-state index < -0.39 is 11.6 Å². The molecule has 0 spiro atoms. The summed E-state index contributed by atoms with van der Waals surface area (Å²) in [7, 11) is 1.59. The Morgan fingerprint density at radius 3 is 2.60 bits per heavy atom. The zero-order valence-electron chi connectivity index (χ0n) is 13.1. The molecule has 2 aromatic heterocycles. The van der Waals surface area contributed by atoms with E-state index in [0.717, 1.165) is 23.4 Å². The number of methoxy groups -OCH3 is 1. The molecule has 0 atom stereocenters. The third-order valence-electron chi connectivity index (χ3n) is 3.77. The van der Waals surface area contributed by atoms with E-state index in [2.05, 4.69) is 15.2 Å². The minimum atomic E-state index is -0.933. The van der Waals surface area contributed by atoms with Gasteiger partial charge < -0.3 is 13.7 Å². The molecule has 8 heteroatoms. The van der Waals surface area contributed by atoms with Crippen LogP contribution in [0.1, 0.15) is 5.89 Å². The van der Waals surface area contributed by atoms with E-state index in [1.165, 1.54) is 6.33 Å². The fourth-order valence-electron chi connectivity index (χ4n) is 2.49. The van der Waals surface area contributed by atoms with Gasteiger partial charge in [-0.1, -0.05) is 0 Å². The van der Waals surface area contributed by atoms with Gasteiger partial charge in [-0.15, -0.1) is 10.2 Å². The lowest BCUT2D eigenvalue weighted by Crippen LogP contribution is -1.99. The van der Waals surface area contributed by atoms with E-state index in [9.17, 15) is 8.78 Å². The summed E-state index contributed by atoms with van der Waals surface area (Å²) in [5.41, 5.74) is 1.56. The molecule has 0 fully saturated rings. The number of halogens is 2. The van der Waals surface area contributed by atoms with Crippen molar-refractivity contribution in [2.45, 2.75) is 6.54 Å². The lowest BCUT2D eigenvalue weighted by molar-refractivity contribution is 0.415. The molecule has 0 unspecified atom stereocenters. The number of imidazole rings is 1. The van der Waals surface area contributed by atoms with E-state index in [4.69, 9.17) is 9.15 Å². The number of rotatable bonds is 4. The minimum absolute atomic E-state index is 0.199. The lowest BCUT2D eigenvalue weighted by atomic mass is 10.2. The summed E-state index contributed by atoms with van der Waals surface area (Å²) in [6, 6.07) is 9.35. The van der Waals surface area contributed by atoms with Gasteiger partial charge in [0.15, 0.2) is 11.6 Å². The summed E-state index contributed by atoms with van der Waals surface area (Å²) in [5, 5.41) is 8.00. The Morgan fingerprint density at radius 2 is 1.84 bits per heavy atom. The smallest absolute Gasteiger partial charge is 0.247 e. The van der Waals surface area contributed by atoms with Gasteiger partial charge in [0, 0.05) is 17.7 Å². The number of nitrogens with zero attached hydrogens (tertiary/aromatic N) is 4. The fraction of sp³-hybridized carbons (Fsp3) is 0.118. The average Bonchev–Trinajstić information content (AvgIpc) is 3.24. The van der Waals surface area contributed by atoms with Crippen molar-refractivity contribution in [2.24, 2.45) is 0 Å². The number of benzene rings is 2. The maximum absolute atomic E-state index is 13.5. The van der Waals surface area contributed by atoms with Crippen LogP contribution in [0.5, 0.6) is 5.75 Å². The molecule has 0 saturated carbocycles. The highest BCUT2D eigenvalue weighted by Gasteiger charge is 2.13. The minimum Gasteiger partial charge on any atom is -0.497 e. The number of fused-ring (bicyclic) bond motifs is 1. The zero-order chi connectivity index (χ0) is 17.4. The molecule has 25 heavy (non-hydrogen) atoms. The second kappa shape index (κ2) is 5.97. The zero-order valence-corrected chi connectivity index (χ0v) is 13.1. The van der Waals surface area contributed by atoms with Crippen LogP contribution in [0, 0.1) is 11.6 Å². The van der Waals surface area contributed by atoms with Crippen molar-refractivity contribution in [3.8, 4) is 17.2 Å². The van der Waals surface area contributed by atoms with E-state index in [0.29, 0.717) is 22.8 Å². The Kier molecular flexibility index (Phi) is 3.64. The quantitative estimate of drug-likeness (QED) is 0.568. The van der Waals surface area contributed by atoms with Crippen molar-refractivity contribution in [3.05, 3.63) is 60.3 Å². The maximum Gasteiger partial charge on any atom is 0.247 e. The van der Waals surface area contributed by atoms with Crippen LogP contribution in [0.4, 0.5) is 8.78 Å². The first-order valence-electron chi connectivity index (χ1n) is 7.41. The Bertz CT molecular complexity index is 1040. The summed E-state index contributed by atoms with van der Waals surface area (Å²) in [6.07, 6.45) is 1.47. The summed E-state index contributed by atoms with van der Waals surface area (Å²) in [4.78, 5) is 4.05. The molecule has 2 aromatic carbocycles. The van der Waals surface area contributed by atoms with Crippen LogP contribution < -0.4 is 4.74 Å². The molecular formula is C17H12F2N4O2. The Balaban J connectivity index is 1.61. The predicted molar refractivity (Wildman–Crippen MR) is 85.0 cm³/mol. The van der Waals surface area contributed by atoms with Crippen LogP contribution in [-0.2, 0) is 6.54 Å². The van der Waals surface area contributed by atoms with Gasteiger partial charge in [-0.2, -0.15) is 0 Å². The normalized spacial score (nSPS) is 11.2. The van der Waals surface area contributed by atoms with Crippen LogP contribution >= 0.6 is 0 Å². The topological polar surface area (TPSA) is 66.0 Å². The average molecular weight is 342 g/mol. The Morgan fingerprint density at radius 1 is 1.08 bits per heavy atom. The van der Waals surface area contributed by atoms with Gasteiger partial charge in [-0.25, -0.2) is 13.8 Å². The monoisotopic (exact) mass is 342 g/mol.